The van der Waals surface area contributed by atoms with Gasteiger partial charge in [0.05, 0.1) is 6.61 Å². The number of hydrogen-bond acceptors (Lipinski definition) is 3. The second-order valence-electron chi connectivity index (χ2n) is 5.24. The van der Waals surface area contributed by atoms with Gasteiger partial charge in [0.15, 0.2) is 18.7 Å². The largest absolute Gasteiger partial charge is 0.493 e. The summed E-state index contributed by atoms with van der Waals surface area (Å²) in [7, 11) is 5.26. The molecule has 0 atom stereocenters. The van der Waals surface area contributed by atoms with Crippen LogP contribution in [0.2, 0.25) is 0 Å². The number of nitrogens with zero attached hydrogens (tertiary/aromatic N) is 1. The lowest BCUT2D eigenvalue weighted by molar-refractivity contribution is -0.671. The highest BCUT2D eigenvalue weighted by Crippen LogP contribution is 2.15. The minimum absolute atomic E-state index is 0.218. The zero-order chi connectivity index (χ0) is 16.5. The molecule has 0 amide bonds. The van der Waals surface area contributed by atoms with E-state index in [-0.39, 0.29) is 6.29 Å². The second-order valence-corrected chi connectivity index (χ2v) is 5.24. The maximum absolute atomic E-state index is 5.68. The van der Waals surface area contributed by atoms with Crippen LogP contribution < -0.4 is 9.30 Å². The van der Waals surface area contributed by atoms with Crippen LogP contribution in [0.4, 0.5) is 0 Å². The highest BCUT2D eigenvalue weighted by molar-refractivity contribution is 5.69. The monoisotopic (exact) mass is 314 g/mol. The van der Waals surface area contributed by atoms with E-state index in [1.165, 1.54) is 5.56 Å². The van der Waals surface area contributed by atoms with E-state index in [4.69, 9.17) is 14.2 Å². The Labute approximate surface area is 137 Å². The van der Waals surface area contributed by atoms with Gasteiger partial charge in [0.1, 0.15) is 12.8 Å². The van der Waals surface area contributed by atoms with Gasteiger partial charge in [0.2, 0.25) is 0 Å². The lowest BCUT2D eigenvalue weighted by atomic mass is 10.1. The van der Waals surface area contributed by atoms with Crippen molar-refractivity contribution in [2.24, 2.45) is 7.05 Å². The normalized spacial score (nSPS) is 11.3. The van der Waals surface area contributed by atoms with Gasteiger partial charge in [-0.15, -0.1) is 0 Å². The van der Waals surface area contributed by atoms with Crippen molar-refractivity contribution in [1.29, 1.82) is 0 Å². The van der Waals surface area contributed by atoms with Crippen LogP contribution in [0.1, 0.15) is 17.5 Å². The summed E-state index contributed by atoms with van der Waals surface area (Å²) in [5, 5.41) is 0. The van der Waals surface area contributed by atoms with Crippen molar-refractivity contribution in [2.75, 3.05) is 20.8 Å². The first-order valence-electron chi connectivity index (χ1n) is 7.63. The van der Waals surface area contributed by atoms with Gasteiger partial charge in [-0.1, -0.05) is 24.3 Å². The fourth-order valence-electron chi connectivity index (χ4n) is 2.10. The van der Waals surface area contributed by atoms with E-state index in [0.29, 0.717) is 13.0 Å². The first-order valence-corrected chi connectivity index (χ1v) is 7.63. The highest BCUT2D eigenvalue weighted by Gasteiger charge is 2.04. The third-order valence-electron chi connectivity index (χ3n) is 3.50. The van der Waals surface area contributed by atoms with Crippen LogP contribution in [0, 0.1) is 0 Å². The molecular formula is C19H24NO3+. The molecule has 0 fully saturated rings. The van der Waals surface area contributed by atoms with Crippen molar-refractivity contribution in [2.45, 2.75) is 12.7 Å². The van der Waals surface area contributed by atoms with Crippen LogP contribution >= 0.6 is 0 Å². The predicted octanol–water partition coefficient (Wildman–Crippen LogP) is 3.07. The third kappa shape index (κ3) is 5.85. The van der Waals surface area contributed by atoms with Crippen LogP contribution in [-0.2, 0) is 16.5 Å². The van der Waals surface area contributed by atoms with E-state index in [1.54, 1.807) is 14.2 Å². The Hall–Kier alpha value is -2.17. The molecule has 0 radical (unpaired) electrons. The Bertz CT molecular complexity index is 602. The number of ether oxygens (including phenoxy) is 3. The van der Waals surface area contributed by atoms with E-state index >= 15 is 0 Å². The molecule has 1 aromatic carbocycles. The maximum Gasteiger partial charge on any atom is 0.169 e. The molecule has 122 valence electrons. The molecule has 1 aromatic heterocycles. The summed E-state index contributed by atoms with van der Waals surface area (Å²) in [4.78, 5) is 0. The van der Waals surface area contributed by atoms with E-state index in [0.717, 1.165) is 11.3 Å². The molecule has 0 spiro atoms. The molecule has 0 N–H and O–H groups in total. The SMILES string of the molecule is COC(CCOc1ccc(C=Cc2cc[n+](C)cc2)cc1)OC. The summed E-state index contributed by atoms with van der Waals surface area (Å²) in [6.45, 7) is 0.558. The Morgan fingerprint density at radius 3 is 2.04 bits per heavy atom. The molecule has 1 heterocycles. The van der Waals surface area contributed by atoms with E-state index < -0.39 is 0 Å². The Morgan fingerprint density at radius 2 is 1.48 bits per heavy atom. The molecule has 0 saturated heterocycles. The Kier molecular flexibility index (Phi) is 6.78. The fraction of sp³-hybridized carbons (Fsp3) is 0.316. The molecule has 0 aliphatic rings. The maximum atomic E-state index is 5.68. The van der Waals surface area contributed by atoms with Crippen LogP contribution in [0.25, 0.3) is 12.2 Å². The number of pyridine rings is 1. The van der Waals surface area contributed by atoms with Gasteiger partial charge in [-0.05, 0) is 23.3 Å². The number of hydrogen-bond donors (Lipinski definition) is 0. The summed E-state index contributed by atoms with van der Waals surface area (Å²) >= 11 is 0. The summed E-state index contributed by atoms with van der Waals surface area (Å²) < 4.78 is 17.9. The summed E-state index contributed by atoms with van der Waals surface area (Å²) in [5.41, 5.74) is 2.31. The number of rotatable bonds is 8. The Morgan fingerprint density at radius 1 is 0.913 bits per heavy atom. The molecule has 0 saturated carbocycles. The first kappa shape index (κ1) is 17.2. The molecule has 0 aliphatic heterocycles. The van der Waals surface area contributed by atoms with Crippen molar-refractivity contribution in [3.8, 4) is 5.75 Å². The minimum Gasteiger partial charge on any atom is -0.493 e. The molecule has 23 heavy (non-hydrogen) atoms. The lowest BCUT2D eigenvalue weighted by Crippen LogP contribution is -2.25. The summed E-state index contributed by atoms with van der Waals surface area (Å²) in [6, 6.07) is 12.2. The number of aryl methyl sites for hydroxylation is 1. The number of aromatic nitrogens is 1. The van der Waals surface area contributed by atoms with Crippen LogP contribution in [0.15, 0.2) is 48.8 Å². The van der Waals surface area contributed by atoms with Crippen molar-refractivity contribution < 1.29 is 18.8 Å². The second kappa shape index (κ2) is 9.08. The third-order valence-corrected chi connectivity index (χ3v) is 3.50. The predicted molar refractivity (Wildman–Crippen MR) is 90.9 cm³/mol. The molecule has 0 unspecified atom stereocenters. The molecule has 4 heteroatoms. The molecule has 0 aliphatic carbocycles. The molecule has 4 nitrogen and oxygen atoms in total. The summed E-state index contributed by atoms with van der Waals surface area (Å²) in [6.07, 6.45) is 8.72. The smallest absolute Gasteiger partial charge is 0.169 e. The standard InChI is InChI=1S/C19H24NO3/c1-20-13-10-17(11-14-20)5-4-16-6-8-18(9-7-16)23-15-12-19(21-2)22-3/h4-11,13-14,19H,12,15H2,1-3H3/q+1. The van der Waals surface area contributed by atoms with E-state index in [9.17, 15) is 0 Å². The van der Waals surface area contributed by atoms with Gasteiger partial charge in [-0.3, -0.25) is 0 Å². The zero-order valence-electron chi connectivity index (χ0n) is 13.9. The average Bonchev–Trinajstić information content (AvgIpc) is 2.59. The topological polar surface area (TPSA) is 31.6 Å². The van der Waals surface area contributed by atoms with Crippen molar-refractivity contribution in [1.82, 2.24) is 0 Å². The molecule has 0 bridgehead atoms. The Balaban J connectivity index is 1.85. The van der Waals surface area contributed by atoms with E-state index in [2.05, 4.69) is 24.3 Å². The van der Waals surface area contributed by atoms with Gasteiger partial charge in [-0.25, -0.2) is 4.57 Å². The average molecular weight is 314 g/mol. The van der Waals surface area contributed by atoms with Gasteiger partial charge in [0, 0.05) is 32.8 Å². The van der Waals surface area contributed by atoms with Crippen molar-refractivity contribution in [3.63, 3.8) is 0 Å². The van der Waals surface area contributed by atoms with Gasteiger partial charge in [-0.2, -0.15) is 0 Å². The first-order chi connectivity index (χ1) is 11.2. The summed E-state index contributed by atoms with van der Waals surface area (Å²) in [5.74, 6) is 0.847. The number of methoxy groups -OCH3 is 2. The minimum atomic E-state index is -0.218. The lowest BCUT2D eigenvalue weighted by Gasteiger charge is -2.13. The zero-order valence-corrected chi connectivity index (χ0v) is 13.9. The van der Waals surface area contributed by atoms with Crippen molar-refractivity contribution in [3.05, 3.63) is 59.9 Å². The van der Waals surface area contributed by atoms with Crippen LogP contribution in [0.5, 0.6) is 5.75 Å². The highest BCUT2D eigenvalue weighted by atomic mass is 16.7. The van der Waals surface area contributed by atoms with Gasteiger partial charge >= 0.3 is 0 Å². The fourth-order valence-corrected chi connectivity index (χ4v) is 2.10. The van der Waals surface area contributed by atoms with Crippen LogP contribution in [-0.4, -0.2) is 27.1 Å². The van der Waals surface area contributed by atoms with Gasteiger partial charge < -0.3 is 14.2 Å². The van der Waals surface area contributed by atoms with Crippen molar-refractivity contribution >= 4 is 12.2 Å². The van der Waals surface area contributed by atoms with Crippen LogP contribution in [0.3, 0.4) is 0 Å². The molecule has 2 aromatic rings. The quantitative estimate of drug-likeness (QED) is 0.554. The molecule has 2 rings (SSSR count). The van der Waals surface area contributed by atoms with E-state index in [1.807, 2.05) is 48.3 Å². The number of benzene rings is 1. The molecular weight excluding hydrogens is 290 g/mol. The van der Waals surface area contributed by atoms with Gasteiger partial charge in [0.25, 0.3) is 0 Å².